The highest BCUT2D eigenvalue weighted by Gasteiger charge is 2.16. The van der Waals surface area contributed by atoms with Crippen molar-refractivity contribution < 1.29 is 4.52 Å². The Morgan fingerprint density at radius 1 is 1.00 bits per heavy atom. The summed E-state index contributed by atoms with van der Waals surface area (Å²) >= 11 is 0. The van der Waals surface area contributed by atoms with Gasteiger partial charge < -0.3 is 4.52 Å². The Balaban J connectivity index is 1.65. The van der Waals surface area contributed by atoms with Gasteiger partial charge in [0, 0.05) is 47.1 Å². The van der Waals surface area contributed by atoms with Crippen LogP contribution >= 0.6 is 0 Å². The minimum absolute atomic E-state index is 0.411. The van der Waals surface area contributed by atoms with E-state index in [1.165, 1.54) is 11.1 Å². The topological polar surface area (TPSA) is 56.7 Å². The van der Waals surface area contributed by atoms with Crippen molar-refractivity contribution in [2.75, 3.05) is 0 Å². The summed E-state index contributed by atoms with van der Waals surface area (Å²) in [6.45, 7) is 6.19. The molecular weight excluding hydrogens is 396 g/mol. The summed E-state index contributed by atoms with van der Waals surface area (Å²) in [6.07, 6.45) is 6.82. The SMILES string of the molecule is Cc1noc(C)c1-c1cnc2c(-c3cnn(C)c3)cc(C[C@H](C)c3ccccc3)cc2c1. The fourth-order valence-electron chi connectivity index (χ4n) is 4.50. The lowest BCUT2D eigenvalue weighted by molar-refractivity contribution is 0.393. The molecule has 0 spiro atoms. The Bertz CT molecular complexity index is 1380. The van der Waals surface area contributed by atoms with Gasteiger partial charge in [0.05, 0.1) is 17.4 Å². The average molecular weight is 423 g/mol. The zero-order chi connectivity index (χ0) is 22.2. The molecule has 160 valence electrons. The molecule has 5 rings (SSSR count). The maximum Gasteiger partial charge on any atom is 0.141 e. The van der Waals surface area contributed by atoms with Gasteiger partial charge in [-0.3, -0.25) is 9.67 Å². The number of hydrogen-bond donors (Lipinski definition) is 0. The smallest absolute Gasteiger partial charge is 0.141 e. The number of fused-ring (bicyclic) bond motifs is 1. The summed E-state index contributed by atoms with van der Waals surface area (Å²) in [5.74, 6) is 1.22. The molecule has 0 saturated heterocycles. The first-order valence-corrected chi connectivity index (χ1v) is 10.9. The van der Waals surface area contributed by atoms with E-state index in [9.17, 15) is 0 Å². The van der Waals surface area contributed by atoms with Crippen molar-refractivity contribution in [3.8, 4) is 22.3 Å². The highest BCUT2D eigenvalue weighted by atomic mass is 16.5. The lowest BCUT2D eigenvalue weighted by Gasteiger charge is -2.15. The van der Waals surface area contributed by atoms with Gasteiger partial charge in [0.1, 0.15) is 5.76 Å². The van der Waals surface area contributed by atoms with Crippen molar-refractivity contribution in [3.63, 3.8) is 0 Å². The van der Waals surface area contributed by atoms with Crippen molar-refractivity contribution >= 4 is 10.9 Å². The molecular formula is C27H26N4O. The van der Waals surface area contributed by atoms with E-state index in [1.807, 2.05) is 44.2 Å². The van der Waals surface area contributed by atoms with Gasteiger partial charge in [-0.05, 0) is 55.5 Å². The molecule has 0 saturated carbocycles. The van der Waals surface area contributed by atoms with E-state index in [4.69, 9.17) is 9.51 Å². The molecule has 0 aliphatic rings. The summed E-state index contributed by atoms with van der Waals surface area (Å²) < 4.78 is 7.23. The minimum atomic E-state index is 0.411. The Morgan fingerprint density at radius 3 is 2.50 bits per heavy atom. The molecule has 0 fully saturated rings. The predicted molar refractivity (Wildman–Crippen MR) is 127 cm³/mol. The van der Waals surface area contributed by atoms with Crippen LogP contribution in [0.15, 0.2) is 71.6 Å². The van der Waals surface area contributed by atoms with E-state index < -0.39 is 0 Å². The molecule has 0 unspecified atom stereocenters. The maximum atomic E-state index is 5.39. The summed E-state index contributed by atoms with van der Waals surface area (Å²) in [5, 5.41) is 9.62. The van der Waals surface area contributed by atoms with Crippen LogP contribution in [0.4, 0.5) is 0 Å². The maximum absolute atomic E-state index is 5.39. The largest absolute Gasteiger partial charge is 0.361 e. The fraction of sp³-hybridized carbons (Fsp3) is 0.222. The summed E-state index contributed by atoms with van der Waals surface area (Å²) in [5.41, 5.74) is 8.71. The Labute approximate surface area is 187 Å². The zero-order valence-electron chi connectivity index (χ0n) is 18.8. The number of aryl methyl sites for hydroxylation is 3. The summed E-state index contributed by atoms with van der Waals surface area (Å²) in [4.78, 5) is 4.88. The van der Waals surface area contributed by atoms with E-state index in [0.717, 1.165) is 51.0 Å². The third-order valence-electron chi connectivity index (χ3n) is 6.09. The van der Waals surface area contributed by atoms with Gasteiger partial charge in [0.25, 0.3) is 0 Å². The highest BCUT2D eigenvalue weighted by Crippen LogP contribution is 2.34. The van der Waals surface area contributed by atoms with Crippen LogP contribution in [-0.4, -0.2) is 19.9 Å². The van der Waals surface area contributed by atoms with Crippen LogP contribution in [0.1, 0.15) is 35.4 Å². The van der Waals surface area contributed by atoms with Crippen molar-refractivity contribution in [2.24, 2.45) is 7.05 Å². The fourth-order valence-corrected chi connectivity index (χ4v) is 4.50. The summed E-state index contributed by atoms with van der Waals surface area (Å²) in [6, 6.07) is 17.4. The van der Waals surface area contributed by atoms with Gasteiger partial charge in [-0.1, -0.05) is 42.4 Å². The third kappa shape index (κ3) is 3.71. The van der Waals surface area contributed by atoms with E-state index in [2.05, 4.69) is 65.7 Å². The Hall–Kier alpha value is -3.73. The van der Waals surface area contributed by atoms with Crippen LogP contribution in [0, 0.1) is 13.8 Å². The van der Waals surface area contributed by atoms with Crippen LogP contribution in [0.5, 0.6) is 0 Å². The number of nitrogens with zero attached hydrogens (tertiary/aromatic N) is 4. The average Bonchev–Trinajstić information content (AvgIpc) is 3.38. The number of benzene rings is 2. The molecule has 0 aliphatic heterocycles. The molecule has 0 N–H and O–H groups in total. The van der Waals surface area contributed by atoms with Gasteiger partial charge in [0.2, 0.25) is 0 Å². The second-order valence-corrected chi connectivity index (χ2v) is 8.56. The lowest BCUT2D eigenvalue weighted by Crippen LogP contribution is -1.99. The van der Waals surface area contributed by atoms with Gasteiger partial charge >= 0.3 is 0 Å². The Kier molecular flexibility index (Phi) is 5.10. The first kappa shape index (κ1) is 20.2. The molecule has 0 amide bonds. The number of pyridine rings is 1. The number of hydrogen-bond acceptors (Lipinski definition) is 4. The van der Waals surface area contributed by atoms with Gasteiger partial charge in [-0.25, -0.2) is 0 Å². The first-order valence-electron chi connectivity index (χ1n) is 10.9. The van der Waals surface area contributed by atoms with Crippen LogP contribution in [-0.2, 0) is 13.5 Å². The normalized spacial score (nSPS) is 12.4. The molecule has 3 aromatic heterocycles. The zero-order valence-corrected chi connectivity index (χ0v) is 18.8. The first-order chi connectivity index (χ1) is 15.5. The van der Waals surface area contributed by atoms with Crippen molar-refractivity contribution in [1.82, 2.24) is 19.9 Å². The monoisotopic (exact) mass is 422 g/mol. The van der Waals surface area contributed by atoms with Crippen LogP contribution < -0.4 is 0 Å². The summed E-state index contributed by atoms with van der Waals surface area (Å²) in [7, 11) is 1.94. The molecule has 3 heterocycles. The van der Waals surface area contributed by atoms with Crippen molar-refractivity contribution in [3.05, 3.63) is 89.7 Å². The van der Waals surface area contributed by atoms with Gasteiger partial charge in [0.15, 0.2) is 0 Å². The van der Waals surface area contributed by atoms with Crippen LogP contribution in [0.25, 0.3) is 33.2 Å². The molecule has 1 atom stereocenters. The lowest BCUT2D eigenvalue weighted by atomic mass is 9.91. The Morgan fingerprint density at radius 2 is 1.81 bits per heavy atom. The molecule has 5 heteroatoms. The van der Waals surface area contributed by atoms with Crippen LogP contribution in [0.2, 0.25) is 0 Å². The molecule has 0 bridgehead atoms. The van der Waals surface area contributed by atoms with Crippen LogP contribution in [0.3, 0.4) is 0 Å². The quantitative estimate of drug-likeness (QED) is 0.336. The third-order valence-corrected chi connectivity index (χ3v) is 6.09. The van der Waals surface area contributed by atoms with E-state index in [1.54, 1.807) is 0 Å². The molecule has 5 aromatic rings. The predicted octanol–water partition coefficient (Wildman–Crippen LogP) is 6.25. The van der Waals surface area contributed by atoms with Gasteiger partial charge in [-0.15, -0.1) is 0 Å². The van der Waals surface area contributed by atoms with Crippen molar-refractivity contribution in [1.29, 1.82) is 0 Å². The molecule has 0 radical (unpaired) electrons. The molecule has 2 aromatic carbocycles. The van der Waals surface area contributed by atoms with Crippen molar-refractivity contribution in [2.45, 2.75) is 33.1 Å². The standard InChI is InChI=1S/C27H26N4O/c1-17(21-8-6-5-7-9-21)10-20-11-22-13-23(26-18(2)30-32-19(26)3)14-28-27(22)25(12-20)24-15-29-31(4)16-24/h5-9,11-17H,10H2,1-4H3/t17-/m0/s1. The second kappa shape index (κ2) is 8.08. The molecule has 0 aliphatic carbocycles. The molecule has 32 heavy (non-hydrogen) atoms. The molecule has 5 nitrogen and oxygen atoms in total. The number of rotatable bonds is 5. The second-order valence-electron chi connectivity index (χ2n) is 8.56. The number of aromatic nitrogens is 4. The van der Waals surface area contributed by atoms with E-state index in [0.29, 0.717) is 5.92 Å². The minimum Gasteiger partial charge on any atom is -0.361 e. The van der Waals surface area contributed by atoms with E-state index >= 15 is 0 Å². The highest BCUT2D eigenvalue weighted by molar-refractivity contribution is 5.96. The van der Waals surface area contributed by atoms with E-state index in [-0.39, 0.29) is 0 Å². The van der Waals surface area contributed by atoms with Gasteiger partial charge in [-0.2, -0.15) is 5.10 Å².